The Bertz CT molecular complexity index is 243. The van der Waals surface area contributed by atoms with Gasteiger partial charge in [0.15, 0.2) is 0 Å². The van der Waals surface area contributed by atoms with Crippen LogP contribution in [0.3, 0.4) is 0 Å². The fraction of sp³-hybridized carbons (Fsp3) is 0.571. The van der Waals surface area contributed by atoms with Gasteiger partial charge in [0.2, 0.25) is 0 Å². The van der Waals surface area contributed by atoms with Crippen LogP contribution in [0.4, 0.5) is 0 Å². The third-order valence-corrected chi connectivity index (χ3v) is 2.67. The van der Waals surface area contributed by atoms with Crippen molar-refractivity contribution in [2.24, 2.45) is 5.92 Å². The zero-order valence-electron chi connectivity index (χ0n) is 10.00. The highest BCUT2D eigenvalue weighted by molar-refractivity contribution is 5.14. The van der Waals surface area contributed by atoms with E-state index >= 15 is 0 Å². The molecule has 0 aliphatic carbocycles. The van der Waals surface area contributed by atoms with Crippen LogP contribution in [0.5, 0.6) is 0 Å². The van der Waals surface area contributed by atoms with Crippen LogP contribution in [-0.4, -0.2) is 13.1 Å². The lowest BCUT2D eigenvalue weighted by molar-refractivity contribution is 0.498. The molecule has 0 heterocycles. The van der Waals surface area contributed by atoms with E-state index in [4.69, 9.17) is 0 Å². The Balaban J connectivity index is 2.16. The molecule has 1 N–H and O–H groups in total. The van der Waals surface area contributed by atoms with E-state index in [1.165, 1.54) is 24.8 Å². The maximum Gasteiger partial charge on any atom is -0.00463 e. The topological polar surface area (TPSA) is 12.0 Å². The van der Waals surface area contributed by atoms with Crippen molar-refractivity contribution in [3.8, 4) is 0 Å². The van der Waals surface area contributed by atoms with Gasteiger partial charge in [-0.15, -0.1) is 0 Å². The van der Waals surface area contributed by atoms with Crippen molar-refractivity contribution in [1.29, 1.82) is 0 Å². The van der Waals surface area contributed by atoms with Crippen molar-refractivity contribution >= 4 is 0 Å². The smallest absolute Gasteiger partial charge is 0.00463 e. The molecule has 1 unspecified atom stereocenters. The van der Waals surface area contributed by atoms with Crippen LogP contribution in [0.2, 0.25) is 0 Å². The molecule has 0 amide bonds. The Morgan fingerprint density at radius 3 is 2.53 bits per heavy atom. The summed E-state index contributed by atoms with van der Waals surface area (Å²) in [5, 5.41) is 3.45. The van der Waals surface area contributed by atoms with Crippen molar-refractivity contribution in [2.45, 2.75) is 33.1 Å². The summed E-state index contributed by atoms with van der Waals surface area (Å²) in [5.41, 5.74) is 1.46. The first-order valence-electron chi connectivity index (χ1n) is 6.07. The van der Waals surface area contributed by atoms with Crippen molar-refractivity contribution < 1.29 is 0 Å². The quantitative estimate of drug-likeness (QED) is 0.674. The lowest BCUT2D eigenvalue weighted by Crippen LogP contribution is -2.18. The second-order valence-electron chi connectivity index (χ2n) is 4.33. The first-order chi connectivity index (χ1) is 7.33. The molecule has 84 valence electrons. The summed E-state index contributed by atoms with van der Waals surface area (Å²) in [6.07, 6.45) is 3.70. The minimum atomic E-state index is 0.775. The zero-order valence-corrected chi connectivity index (χ0v) is 10.00. The minimum Gasteiger partial charge on any atom is -0.317 e. The van der Waals surface area contributed by atoms with E-state index in [0.717, 1.165) is 19.0 Å². The molecule has 0 bridgehead atoms. The molecule has 0 aliphatic rings. The number of rotatable bonds is 7. The molecule has 1 atom stereocenters. The summed E-state index contributed by atoms with van der Waals surface area (Å²) in [6, 6.07) is 10.8. The predicted octanol–water partition coefficient (Wildman–Crippen LogP) is 3.25. The molecular formula is C14H23N. The lowest BCUT2D eigenvalue weighted by atomic mass is 9.98. The lowest BCUT2D eigenvalue weighted by Gasteiger charge is -2.11. The van der Waals surface area contributed by atoms with Gasteiger partial charge in [0.1, 0.15) is 0 Å². The van der Waals surface area contributed by atoms with E-state index < -0.39 is 0 Å². The highest BCUT2D eigenvalue weighted by atomic mass is 14.8. The van der Waals surface area contributed by atoms with Gasteiger partial charge in [-0.1, -0.05) is 44.2 Å². The van der Waals surface area contributed by atoms with Crippen molar-refractivity contribution in [3.05, 3.63) is 35.9 Å². The first kappa shape index (κ1) is 12.3. The van der Waals surface area contributed by atoms with Crippen molar-refractivity contribution in [3.63, 3.8) is 0 Å². The maximum atomic E-state index is 3.45. The average Bonchev–Trinajstić information content (AvgIpc) is 2.26. The summed E-state index contributed by atoms with van der Waals surface area (Å²) >= 11 is 0. The van der Waals surface area contributed by atoms with Crippen LogP contribution >= 0.6 is 0 Å². The maximum absolute atomic E-state index is 3.45. The third kappa shape index (κ3) is 5.58. The van der Waals surface area contributed by atoms with Crippen LogP contribution in [0.15, 0.2) is 30.3 Å². The summed E-state index contributed by atoms with van der Waals surface area (Å²) in [5.74, 6) is 0.775. The molecule has 0 fully saturated rings. The Labute approximate surface area is 93.9 Å². The molecule has 0 aliphatic heterocycles. The highest BCUT2D eigenvalue weighted by Crippen LogP contribution is 2.10. The molecule has 1 heteroatoms. The van der Waals surface area contributed by atoms with E-state index in [9.17, 15) is 0 Å². The van der Waals surface area contributed by atoms with Crippen LogP contribution in [0, 0.1) is 5.92 Å². The number of benzene rings is 1. The van der Waals surface area contributed by atoms with Crippen LogP contribution in [0.25, 0.3) is 0 Å². The van der Waals surface area contributed by atoms with Gasteiger partial charge in [0.05, 0.1) is 0 Å². The summed E-state index contributed by atoms with van der Waals surface area (Å²) in [4.78, 5) is 0. The second kappa shape index (κ2) is 7.47. The molecule has 1 rings (SSSR count). The number of hydrogen-bond acceptors (Lipinski definition) is 1. The van der Waals surface area contributed by atoms with Gasteiger partial charge in [0, 0.05) is 0 Å². The van der Waals surface area contributed by atoms with E-state index in [1.54, 1.807) is 0 Å². The second-order valence-corrected chi connectivity index (χ2v) is 4.33. The molecule has 1 aromatic carbocycles. The SMILES string of the molecule is CCCNCCC(C)Cc1ccccc1. The zero-order chi connectivity index (χ0) is 10.9. The first-order valence-corrected chi connectivity index (χ1v) is 6.07. The molecular weight excluding hydrogens is 182 g/mol. The van der Waals surface area contributed by atoms with E-state index in [-0.39, 0.29) is 0 Å². The average molecular weight is 205 g/mol. The summed E-state index contributed by atoms with van der Waals surface area (Å²) in [6.45, 7) is 6.85. The molecule has 1 nitrogen and oxygen atoms in total. The molecule has 0 radical (unpaired) electrons. The largest absolute Gasteiger partial charge is 0.317 e. The Morgan fingerprint density at radius 1 is 1.13 bits per heavy atom. The Kier molecular flexibility index (Phi) is 6.10. The van der Waals surface area contributed by atoms with Crippen molar-refractivity contribution in [1.82, 2.24) is 5.32 Å². The van der Waals surface area contributed by atoms with E-state index in [2.05, 4.69) is 49.5 Å². The molecule has 0 spiro atoms. The number of hydrogen-bond donors (Lipinski definition) is 1. The van der Waals surface area contributed by atoms with Gasteiger partial charge in [0.25, 0.3) is 0 Å². The van der Waals surface area contributed by atoms with Gasteiger partial charge in [-0.2, -0.15) is 0 Å². The predicted molar refractivity (Wildman–Crippen MR) is 67.1 cm³/mol. The molecule has 0 saturated carbocycles. The van der Waals surface area contributed by atoms with Gasteiger partial charge in [-0.3, -0.25) is 0 Å². The molecule has 15 heavy (non-hydrogen) atoms. The van der Waals surface area contributed by atoms with E-state index in [0.29, 0.717) is 0 Å². The summed E-state index contributed by atoms with van der Waals surface area (Å²) in [7, 11) is 0. The van der Waals surface area contributed by atoms with E-state index in [1.807, 2.05) is 0 Å². The van der Waals surface area contributed by atoms with Crippen LogP contribution in [-0.2, 0) is 6.42 Å². The standard InChI is InChI=1S/C14H23N/c1-3-10-15-11-9-13(2)12-14-7-5-4-6-8-14/h4-8,13,15H,3,9-12H2,1-2H3. The fourth-order valence-electron chi connectivity index (χ4n) is 1.77. The molecule has 0 aromatic heterocycles. The normalized spacial score (nSPS) is 12.7. The van der Waals surface area contributed by atoms with Gasteiger partial charge in [-0.25, -0.2) is 0 Å². The third-order valence-electron chi connectivity index (χ3n) is 2.67. The summed E-state index contributed by atoms with van der Waals surface area (Å²) < 4.78 is 0. The van der Waals surface area contributed by atoms with Crippen LogP contribution < -0.4 is 5.32 Å². The van der Waals surface area contributed by atoms with Gasteiger partial charge >= 0.3 is 0 Å². The van der Waals surface area contributed by atoms with Gasteiger partial charge < -0.3 is 5.32 Å². The molecule has 0 saturated heterocycles. The van der Waals surface area contributed by atoms with Crippen LogP contribution in [0.1, 0.15) is 32.3 Å². The monoisotopic (exact) mass is 205 g/mol. The highest BCUT2D eigenvalue weighted by Gasteiger charge is 2.02. The van der Waals surface area contributed by atoms with Crippen molar-refractivity contribution in [2.75, 3.05) is 13.1 Å². The Hall–Kier alpha value is -0.820. The number of nitrogens with one attached hydrogen (secondary N) is 1. The van der Waals surface area contributed by atoms with Gasteiger partial charge in [-0.05, 0) is 43.8 Å². The fourth-order valence-corrected chi connectivity index (χ4v) is 1.77. The molecule has 1 aromatic rings. The Morgan fingerprint density at radius 2 is 1.87 bits per heavy atom. The minimum absolute atomic E-state index is 0.775.